The van der Waals surface area contributed by atoms with E-state index in [9.17, 15) is 15.3 Å². The molecular weight excluding hydrogens is 200 g/mol. The van der Waals surface area contributed by atoms with Gasteiger partial charge >= 0.3 is 0 Å². The average molecular weight is 220 g/mol. The van der Waals surface area contributed by atoms with Gasteiger partial charge in [0.15, 0.2) is 0 Å². The van der Waals surface area contributed by atoms with Crippen LogP contribution >= 0.6 is 0 Å². The lowest BCUT2D eigenvalue weighted by molar-refractivity contribution is -0.239. The fraction of sp³-hybridized carbons (Fsp3) is 1.00. The summed E-state index contributed by atoms with van der Waals surface area (Å²) in [6.07, 6.45) is -4.14. The third-order valence-electron chi connectivity index (χ3n) is 3.13. The predicted molar refractivity (Wildman–Crippen MR) is 53.2 cm³/mol. The van der Waals surface area contributed by atoms with E-state index < -0.39 is 30.5 Å². The van der Waals surface area contributed by atoms with Crippen molar-refractivity contribution in [3.63, 3.8) is 0 Å². The standard InChI is InChI=1S/C10H20O5/c1-3-5(2)10-9(14)8(13)7(12)6(4-11)15-10/h5-14H,3-4H2,1-2H3/t5?,6?,7-,8?,9?,10+/m1/s1. The maximum absolute atomic E-state index is 9.71. The Hall–Kier alpha value is -0.200. The third-order valence-corrected chi connectivity index (χ3v) is 3.13. The second-order valence-corrected chi connectivity index (χ2v) is 4.18. The molecule has 0 radical (unpaired) electrons. The summed E-state index contributed by atoms with van der Waals surface area (Å²) in [7, 11) is 0. The summed E-state index contributed by atoms with van der Waals surface area (Å²) >= 11 is 0. The van der Waals surface area contributed by atoms with Gasteiger partial charge in [-0.05, 0) is 5.92 Å². The lowest BCUT2D eigenvalue weighted by atomic mass is 9.87. The molecule has 5 heteroatoms. The van der Waals surface area contributed by atoms with Crippen LogP contribution < -0.4 is 0 Å². The summed E-state index contributed by atoms with van der Waals surface area (Å²) in [4.78, 5) is 0. The van der Waals surface area contributed by atoms with E-state index in [1.807, 2.05) is 13.8 Å². The molecule has 5 nitrogen and oxygen atoms in total. The van der Waals surface area contributed by atoms with E-state index in [-0.39, 0.29) is 12.5 Å². The second-order valence-electron chi connectivity index (χ2n) is 4.18. The molecule has 4 N–H and O–H groups in total. The lowest BCUT2D eigenvalue weighted by Gasteiger charge is -2.42. The van der Waals surface area contributed by atoms with Crippen molar-refractivity contribution in [1.29, 1.82) is 0 Å². The van der Waals surface area contributed by atoms with Crippen LogP contribution in [0, 0.1) is 5.92 Å². The number of hydrogen-bond acceptors (Lipinski definition) is 5. The quantitative estimate of drug-likeness (QED) is 0.483. The summed E-state index contributed by atoms with van der Waals surface area (Å²) in [6, 6.07) is 0. The number of hydrogen-bond donors (Lipinski definition) is 4. The largest absolute Gasteiger partial charge is 0.394 e. The van der Waals surface area contributed by atoms with Crippen LogP contribution in [0.5, 0.6) is 0 Å². The average Bonchev–Trinajstić information content (AvgIpc) is 2.25. The van der Waals surface area contributed by atoms with Gasteiger partial charge in [-0.2, -0.15) is 0 Å². The minimum absolute atomic E-state index is 0.0659. The van der Waals surface area contributed by atoms with Crippen LogP contribution in [0.25, 0.3) is 0 Å². The zero-order chi connectivity index (χ0) is 11.6. The van der Waals surface area contributed by atoms with E-state index in [2.05, 4.69) is 0 Å². The zero-order valence-electron chi connectivity index (χ0n) is 9.08. The normalized spacial score (nSPS) is 44.0. The van der Waals surface area contributed by atoms with E-state index in [1.54, 1.807) is 0 Å². The fourth-order valence-electron chi connectivity index (χ4n) is 1.83. The van der Waals surface area contributed by atoms with Crippen LogP contribution in [-0.4, -0.2) is 57.6 Å². The van der Waals surface area contributed by atoms with Gasteiger partial charge in [0.2, 0.25) is 0 Å². The van der Waals surface area contributed by atoms with Crippen LogP contribution in [-0.2, 0) is 4.74 Å². The van der Waals surface area contributed by atoms with Crippen LogP contribution in [0.4, 0.5) is 0 Å². The van der Waals surface area contributed by atoms with Crippen LogP contribution in [0.2, 0.25) is 0 Å². The highest BCUT2D eigenvalue weighted by molar-refractivity contribution is 4.93. The highest BCUT2D eigenvalue weighted by atomic mass is 16.5. The van der Waals surface area contributed by atoms with Crippen molar-refractivity contribution in [3.05, 3.63) is 0 Å². The van der Waals surface area contributed by atoms with Gasteiger partial charge in [-0.15, -0.1) is 0 Å². The molecule has 90 valence electrons. The van der Waals surface area contributed by atoms with Gasteiger partial charge in [-0.3, -0.25) is 0 Å². The van der Waals surface area contributed by atoms with Crippen molar-refractivity contribution < 1.29 is 25.2 Å². The Morgan fingerprint density at radius 2 is 1.73 bits per heavy atom. The molecule has 0 amide bonds. The second kappa shape index (κ2) is 5.23. The van der Waals surface area contributed by atoms with Crippen LogP contribution in [0.15, 0.2) is 0 Å². The summed E-state index contributed by atoms with van der Waals surface area (Å²) in [5.41, 5.74) is 0. The number of ether oxygens (including phenoxy) is 1. The molecule has 4 unspecified atom stereocenters. The summed E-state index contributed by atoms with van der Waals surface area (Å²) in [6.45, 7) is 3.48. The molecule has 0 spiro atoms. The molecule has 1 aliphatic heterocycles. The molecule has 0 bridgehead atoms. The van der Waals surface area contributed by atoms with E-state index in [4.69, 9.17) is 9.84 Å². The van der Waals surface area contributed by atoms with E-state index >= 15 is 0 Å². The van der Waals surface area contributed by atoms with E-state index in [0.29, 0.717) is 0 Å². The van der Waals surface area contributed by atoms with Gasteiger partial charge in [0.25, 0.3) is 0 Å². The molecule has 1 heterocycles. The highest BCUT2D eigenvalue weighted by Crippen LogP contribution is 2.27. The Morgan fingerprint density at radius 1 is 1.13 bits per heavy atom. The van der Waals surface area contributed by atoms with Crippen molar-refractivity contribution >= 4 is 0 Å². The molecule has 6 atom stereocenters. The van der Waals surface area contributed by atoms with Crippen molar-refractivity contribution in [2.24, 2.45) is 5.92 Å². The molecule has 1 fully saturated rings. The van der Waals surface area contributed by atoms with Gasteiger partial charge in [-0.1, -0.05) is 20.3 Å². The first kappa shape index (κ1) is 12.9. The first-order valence-electron chi connectivity index (χ1n) is 5.33. The molecule has 1 rings (SSSR count). The summed E-state index contributed by atoms with van der Waals surface area (Å²) < 4.78 is 5.37. The van der Waals surface area contributed by atoms with E-state index in [0.717, 1.165) is 6.42 Å². The molecule has 0 aromatic rings. The first-order chi connectivity index (χ1) is 7.02. The van der Waals surface area contributed by atoms with Crippen LogP contribution in [0.1, 0.15) is 20.3 Å². The lowest BCUT2D eigenvalue weighted by Crippen LogP contribution is -2.59. The highest BCUT2D eigenvalue weighted by Gasteiger charge is 2.44. The Labute approximate surface area is 89.3 Å². The zero-order valence-corrected chi connectivity index (χ0v) is 9.08. The monoisotopic (exact) mass is 220 g/mol. The third kappa shape index (κ3) is 2.49. The first-order valence-corrected chi connectivity index (χ1v) is 5.33. The fourth-order valence-corrected chi connectivity index (χ4v) is 1.83. The Balaban J connectivity index is 2.74. The van der Waals surface area contributed by atoms with Crippen LogP contribution in [0.3, 0.4) is 0 Å². The minimum Gasteiger partial charge on any atom is -0.394 e. The van der Waals surface area contributed by atoms with Gasteiger partial charge in [0.1, 0.15) is 24.4 Å². The van der Waals surface area contributed by atoms with Gasteiger partial charge in [0.05, 0.1) is 12.7 Å². The van der Waals surface area contributed by atoms with Crippen molar-refractivity contribution in [2.75, 3.05) is 6.61 Å². The molecule has 0 aromatic heterocycles. The molecule has 15 heavy (non-hydrogen) atoms. The van der Waals surface area contributed by atoms with Gasteiger partial charge in [0, 0.05) is 0 Å². The molecule has 0 aromatic carbocycles. The summed E-state index contributed by atoms with van der Waals surface area (Å²) in [5.74, 6) is 0.0659. The Kier molecular flexibility index (Phi) is 4.48. The number of rotatable bonds is 3. The van der Waals surface area contributed by atoms with E-state index in [1.165, 1.54) is 0 Å². The molecular formula is C10H20O5. The molecule has 0 aliphatic carbocycles. The smallest absolute Gasteiger partial charge is 0.111 e. The Morgan fingerprint density at radius 3 is 2.20 bits per heavy atom. The maximum atomic E-state index is 9.71. The predicted octanol–water partition coefficient (Wildman–Crippen LogP) is -1.13. The topological polar surface area (TPSA) is 90.2 Å². The molecule has 1 aliphatic rings. The van der Waals surface area contributed by atoms with Crippen molar-refractivity contribution in [2.45, 2.75) is 50.8 Å². The maximum Gasteiger partial charge on any atom is 0.111 e. The number of aliphatic hydroxyl groups excluding tert-OH is 4. The number of aliphatic hydroxyl groups is 4. The minimum atomic E-state index is -1.25. The molecule has 0 saturated carbocycles. The van der Waals surface area contributed by atoms with Crippen molar-refractivity contribution in [3.8, 4) is 0 Å². The van der Waals surface area contributed by atoms with Gasteiger partial charge < -0.3 is 25.2 Å². The van der Waals surface area contributed by atoms with Gasteiger partial charge in [-0.25, -0.2) is 0 Å². The van der Waals surface area contributed by atoms with Crippen molar-refractivity contribution in [1.82, 2.24) is 0 Å². The SMILES string of the molecule is CCC(C)[C@@H]1OC(CO)[C@@H](O)C(O)C1O. The molecule has 1 saturated heterocycles. The Bertz CT molecular complexity index is 196. The summed E-state index contributed by atoms with van der Waals surface area (Å²) in [5, 5.41) is 37.7.